The summed E-state index contributed by atoms with van der Waals surface area (Å²) in [4.78, 5) is 15.4. The second kappa shape index (κ2) is 9.73. The largest absolute Gasteiger partial charge is 0.492 e. The van der Waals surface area contributed by atoms with Crippen molar-refractivity contribution in [2.45, 2.75) is 12.5 Å². The lowest BCUT2D eigenvalue weighted by atomic mass is 9.84. The molecule has 28 heavy (non-hydrogen) atoms. The number of nitrogens with one attached hydrogen (secondary N) is 1. The number of amides is 1. The van der Waals surface area contributed by atoms with Crippen LogP contribution in [0.15, 0.2) is 24.3 Å². The highest BCUT2D eigenvalue weighted by molar-refractivity contribution is 5.64. The minimum atomic E-state index is -0.958. The Labute approximate surface area is 165 Å². The molecule has 8 nitrogen and oxygen atoms in total. The van der Waals surface area contributed by atoms with Crippen molar-refractivity contribution in [1.82, 2.24) is 15.1 Å². The van der Waals surface area contributed by atoms with Crippen molar-refractivity contribution in [3.63, 3.8) is 0 Å². The number of hydrogen-bond donors (Lipinski definition) is 3. The lowest BCUT2D eigenvalue weighted by Crippen LogP contribution is -2.55. The maximum absolute atomic E-state index is 10.6. The Bertz CT molecular complexity index is 676. The third-order valence-electron chi connectivity index (χ3n) is 5.38. The number of nitrogens with two attached hydrogens (primary N) is 1. The first-order valence-corrected chi connectivity index (χ1v) is 9.82. The number of nitriles is 1. The molecule has 8 heteroatoms. The van der Waals surface area contributed by atoms with Crippen LogP contribution in [0.4, 0.5) is 4.79 Å². The van der Waals surface area contributed by atoms with E-state index in [1.807, 2.05) is 0 Å². The minimum absolute atomic E-state index is 0.0645. The zero-order valence-electron chi connectivity index (χ0n) is 16.1. The first kappa shape index (κ1) is 20.4. The summed E-state index contributed by atoms with van der Waals surface area (Å²) in [6.45, 7) is 6.62. The van der Waals surface area contributed by atoms with E-state index in [2.05, 4.69) is 21.2 Å². The molecule has 2 saturated heterocycles. The van der Waals surface area contributed by atoms with Gasteiger partial charge in [-0.25, -0.2) is 4.79 Å². The third-order valence-corrected chi connectivity index (χ3v) is 5.38. The van der Waals surface area contributed by atoms with Crippen LogP contribution in [0.25, 0.3) is 0 Å². The van der Waals surface area contributed by atoms with Gasteiger partial charge in [-0.05, 0) is 42.5 Å². The molecule has 1 amide bonds. The summed E-state index contributed by atoms with van der Waals surface area (Å²) in [5.74, 6) is 1.96. The Morgan fingerprint density at radius 3 is 2.50 bits per heavy atom. The Balaban J connectivity index is 1.39. The molecular weight excluding hydrogens is 358 g/mol. The fourth-order valence-electron chi connectivity index (χ4n) is 4.36. The molecule has 3 unspecified atom stereocenters. The van der Waals surface area contributed by atoms with Crippen molar-refractivity contribution < 1.29 is 14.6 Å². The quantitative estimate of drug-likeness (QED) is 0.604. The second-order valence-electron chi connectivity index (χ2n) is 7.89. The molecule has 2 bridgehead atoms. The molecular formula is C20H29N5O3. The maximum Gasteiger partial charge on any atom is 0.404 e. The maximum atomic E-state index is 10.6. The average Bonchev–Trinajstić information content (AvgIpc) is 2.66. The number of hydrogen-bond acceptors (Lipinski definition) is 6. The second-order valence-corrected chi connectivity index (χ2v) is 7.89. The van der Waals surface area contributed by atoms with E-state index < -0.39 is 6.09 Å². The molecule has 152 valence electrons. The van der Waals surface area contributed by atoms with Crippen molar-refractivity contribution in [2.24, 2.45) is 17.6 Å². The molecule has 4 N–H and O–H groups in total. The molecule has 0 radical (unpaired) electrons. The minimum Gasteiger partial charge on any atom is -0.492 e. The molecule has 0 aliphatic carbocycles. The number of benzene rings is 1. The number of ether oxygens (including phenoxy) is 1. The molecule has 1 aromatic rings. The monoisotopic (exact) mass is 387 g/mol. The first-order valence-electron chi connectivity index (χ1n) is 9.82. The van der Waals surface area contributed by atoms with Gasteiger partial charge in [0.25, 0.3) is 0 Å². The summed E-state index contributed by atoms with van der Waals surface area (Å²) in [5, 5.41) is 20.0. The van der Waals surface area contributed by atoms with Gasteiger partial charge in [-0.15, -0.1) is 0 Å². The number of piperidine rings is 2. The number of carboxylic acid groups (broad SMARTS) is 1. The van der Waals surface area contributed by atoms with Gasteiger partial charge in [-0.3, -0.25) is 0 Å². The average molecular weight is 387 g/mol. The van der Waals surface area contributed by atoms with Crippen LogP contribution < -0.4 is 15.8 Å². The van der Waals surface area contributed by atoms with Crippen molar-refractivity contribution in [3.8, 4) is 11.8 Å². The van der Waals surface area contributed by atoms with Crippen LogP contribution >= 0.6 is 0 Å². The van der Waals surface area contributed by atoms with Gasteiger partial charge in [0.1, 0.15) is 12.4 Å². The van der Waals surface area contributed by atoms with Crippen LogP contribution in [-0.4, -0.2) is 79.5 Å². The molecule has 3 rings (SSSR count). The Kier molecular flexibility index (Phi) is 7.09. The van der Waals surface area contributed by atoms with E-state index in [1.165, 1.54) is 6.42 Å². The number of fused-ring (bicyclic) bond motifs is 2. The van der Waals surface area contributed by atoms with Crippen LogP contribution in [-0.2, 0) is 0 Å². The van der Waals surface area contributed by atoms with Crippen LogP contribution in [0.2, 0.25) is 0 Å². The van der Waals surface area contributed by atoms with E-state index >= 15 is 0 Å². The van der Waals surface area contributed by atoms with Crippen LogP contribution in [0, 0.1) is 23.2 Å². The van der Waals surface area contributed by atoms with E-state index in [0.717, 1.165) is 45.0 Å². The first-order chi connectivity index (χ1) is 13.5. The molecule has 2 heterocycles. The summed E-state index contributed by atoms with van der Waals surface area (Å²) in [6, 6.07) is 9.10. The van der Waals surface area contributed by atoms with Gasteiger partial charge in [0.15, 0.2) is 0 Å². The molecule has 0 saturated carbocycles. The standard InChI is InChI=1S/C20H29N5O3/c21-8-15-1-3-19(4-2-15)28-14-18(22)13-25-11-16-7-17(12-25)10-24(9-16)6-5-23-20(26)27/h1-4,16-18,23H,5-7,9-14,22H2,(H,26,27). The predicted octanol–water partition coefficient (Wildman–Crippen LogP) is 0.786. The fourth-order valence-corrected chi connectivity index (χ4v) is 4.36. The number of rotatable bonds is 8. The predicted molar refractivity (Wildman–Crippen MR) is 105 cm³/mol. The highest BCUT2D eigenvalue weighted by atomic mass is 16.5. The van der Waals surface area contributed by atoms with E-state index in [4.69, 9.17) is 20.8 Å². The Hall–Kier alpha value is -2.34. The van der Waals surface area contributed by atoms with E-state index in [9.17, 15) is 4.79 Å². The van der Waals surface area contributed by atoms with Crippen molar-refractivity contribution in [2.75, 3.05) is 52.4 Å². The summed E-state index contributed by atoms with van der Waals surface area (Å²) >= 11 is 0. The highest BCUT2D eigenvalue weighted by Crippen LogP contribution is 2.28. The number of nitrogens with zero attached hydrogens (tertiary/aromatic N) is 3. The Morgan fingerprint density at radius 2 is 1.89 bits per heavy atom. The zero-order chi connectivity index (χ0) is 19.9. The number of carbonyl (C=O) groups is 1. The third kappa shape index (κ3) is 6.09. The molecule has 2 aliphatic heterocycles. The van der Waals surface area contributed by atoms with Gasteiger partial charge in [-0.2, -0.15) is 5.26 Å². The Morgan fingerprint density at radius 1 is 1.25 bits per heavy atom. The van der Waals surface area contributed by atoms with Crippen molar-refractivity contribution >= 4 is 6.09 Å². The topological polar surface area (TPSA) is 115 Å². The summed E-state index contributed by atoms with van der Waals surface area (Å²) < 4.78 is 5.76. The van der Waals surface area contributed by atoms with Gasteiger partial charge < -0.3 is 30.7 Å². The molecule has 0 aromatic heterocycles. The van der Waals surface area contributed by atoms with Crippen LogP contribution in [0.1, 0.15) is 12.0 Å². The van der Waals surface area contributed by atoms with E-state index in [1.54, 1.807) is 24.3 Å². The zero-order valence-corrected chi connectivity index (χ0v) is 16.1. The molecule has 0 spiro atoms. The lowest BCUT2D eigenvalue weighted by Gasteiger charge is -2.46. The van der Waals surface area contributed by atoms with E-state index in [0.29, 0.717) is 30.6 Å². The molecule has 2 aliphatic rings. The summed E-state index contributed by atoms with van der Waals surface area (Å²) in [6.07, 6.45) is 0.289. The SMILES string of the molecule is N#Cc1ccc(OCC(N)CN2CC3CC(CN(CCNC(=O)O)C3)C2)cc1. The molecule has 2 fully saturated rings. The van der Waals surface area contributed by atoms with Gasteiger partial charge in [0.2, 0.25) is 0 Å². The van der Waals surface area contributed by atoms with Crippen LogP contribution in [0.3, 0.4) is 0 Å². The van der Waals surface area contributed by atoms with Crippen LogP contribution in [0.5, 0.6) is 5.75 Å². The van der Waals surface area contributed by atoms with Gasteiger partial charge in [0, 0.05) is 45.8 Å². The summed E-state index contributed by atoms with van der Waals surface area (Å²) in [5.41, 5.74) is 6.90. The molecule has 3 atom stereocenters. The van der Waals surface area contributed by atoms with Crippen molar-refractivity contribution in [3.05, 3.63) is 29.8 Å². The highest BCUT2D eigenvalue weighted by Gasteiger charge is 2.34. The van der Waals surface area contributed by atoms with Crippen molar-refractivity contribution in [1.29, 1.82) is 5.26 Å². The summed E-state index contributed by atoms with van der Waals surface area (Å²) in [7, 11) is 0. The van der Waals surface area contributed by atoms with E-state index in [-0.39, 0.29) is 6.04 Å². The van der Waals surface area contributed by atoms with Gasteiger partial charge >= 0.3 is 6.09 Å². The normalized spacial score (nSPS) is 23.6. The number of likely N-dealkylation sites (tertiary alicyclic amines) is 2. The lowest BCUT2D eigenvalue weighted by molar-refractivity contribution is 0.0274. The van der Waals surface area contributed by atoms with Gasteiger partial charge in [0.05, 0.1) is 17.7 Å². The van der Waals surface area contributed by atoms with Gasteiger partial charge in [-0.1, -0.05) is 0 Å². The molecule has 1 aromatic carbocycles. The smallest absolute Gasteiger partial charge is 0.404 e. The fraction of sp³-hybridized carbons (Fsp3) is 0.600.